The molecule has 1 unspecified atom stereocenters. The Morgan fingerprint density at radius 3 is 2.52 bits per heavy atom. The topological polar surface area (TPSA) is 84.5 Å². The van der Waals surface area contributed by atoms with Crippen molar-refractivity contribution in [3.05, 3.63) is 47.5 Å². The zero-order chi connectivity index (χ0) is 21.4. The molecule has 2 N–H and O–H groups in total. The normalized spacial score (nSPS) is 12.3. The maximum atomic E-state index is 12.9. The molecular formula is C21H27ClN2O4S. The van der Waals surface area contributed by atoms with Crippen molar-refractivity contribution in [3.8, 4) is 5.75 Å². The lowest BCUT2D eigenvalue weighted by Gasteiger charge is -2.17. The van der Waals surface area contributed by atoms with Crippen LogP contribution >= 0.6 is 11.6 Å². The number of anilines is 2. The number of hydrogen-bond acceptors (Lipinski definition) is 4. The molecule has 1 atom stereocenters. The number of carbonyl (C=O) groups is 1. The molecule has 0 radical (unpaired) electrons. The summed E-state index contributed by atoms with van der Waals surface area (Å²) in [6, 6.07) is 11.1. The number of halogens is 1. The summed E-state index contributed by atoms with van der Waals surface area (Å²) in [5.74, 6) is -0.0625. The zero-order valence-electron chi connectivity index (χ0n) is 16.9. The molecule has 0 aliphatic heterocycles. The number of para-hydroxylation sites is 1. The van der Waals surface area contributed by atoms with E-state index in [1.807, 2.05) is 6.92 Å². The summed E-state index contributed by atoms with van der Waals surface area (Å²) in [4.78, 5) is 12.5. The lowest BCUT2D eigenvalue weighted by atomic mass is 9.98. The Morgan fingerprint density at radius 1 is 1.17 bits per heavy atom. The number of ether oxygens (including phenoxy) is 1. The van der Waals surface area contributed by atoms with Crippen molar-refractivity contribution >= 4 is 38.9 Å². The number of rotatable bonds is 10. The number of methoxy groups -OCH3 is 1. The first kappa shape index (κ1) is 23.0. The summed E-state index contributed by atoms with van der Waals surface area (Å²) in [5, 5.41) is 3.11. The van der Waals surface area contributed by atoms with E-state index >= 15 is 0 Å². The quantitative estimate of drug-likeness (QED) is 0.526. The predicted octanol–water partition coefficient (Wildman–Crippen LogP) is 5.30. The molecule has 2 aromatic carbocycles. The van der Waals surface area contributed by atoms with Crippen molar-refractivity contribution in [3.63, 3.8) is 0 Å². The van der Waals surface area contributed by atoms with E-state index in [-0.39, 0.29) is 33.2 Å². The van der Waals surface area contributed by atoms with Crippen molar-refractivity contribution in [2.45, 2.75) is 44.4 Å². The summed E-state index contributed by atoms with van der Waals surface area (Å²) in [6.45, 7) is 4.05. The molecule has 2 aromatic rings. The Kier molecular flexibility index (Phi) is 8.34. The number of sulfonamides is 1. The SMILES string of the molecule is CCCCC(CC)C(=O)Nc1ccc(OC)c(S(=O)(=O)Nc2ccccc2Cl)c1. The highest BCUT2D eigenvalue weighted by molar-refractivity contribution is 7.92. The van der Waals surface area contributed by atoms with Gasteiger partial charge in [-0.2, -0.15) is 0 Å². The molecule has 0 aromatic heterocycles. The van der Waals surface area contributed by atoms with Crippen LogP contribution in [0.1, 0.15) is 39.5 Å². The third-order valence-electron chi connectivity index (χ3n) is 4.61. The van der Waals surface area contributed by atoms with E-state index in [1.54, 1.807) is 30.3 Å². The second-order valence-corrected chi connectivity index (χ2v) is 8.75. The van der Waals surface area contributed by atoms with E-state index < -0.39 is 10.0 Å². The fourth-order valence-corrected chi connectivity index (χ4v) is 4.44. The molecule has 1 amide bonds. The zero-order valence-corrected chi connectivity index (χ0v) is 18.4. The fourth-order valence-electron chi connectivity index (χ4n) is 2.92. The summed E-state index contributed by atoms with van der Waals surface area (Å²) in [5.41, 5.74) is 0.654. The minimum absolute atomic E-state index is 0.0840. The van der Waals surface area contributed by atoms with E-state index in [0.717, 1.165) is 25.7 Å². The fraction of sp³-hybridized carbons (Fsp3) is 0.381. The van der Waals surface area contributed by atoms with E-state index in [4.69, 9.17) is 16.3 Å². The smallest absolute Gasteiger partial charge is 0.265 e. The van der Waals surface area contributed by atoms with Crippen molar-refractivity contribution < 1.29 is 17.9 Å². The van der Waals surface area contributed by atoms with Crippen LogP contribution in [0.3, 0.4) is 0 Å². The first-order chi connectivity index (χ1) is 13.8. The number of hydrogen-bond donors (Lipinski definition) is 2. The van der Waals surface area contributed by atoms with Crippen LogP contribution < -0.4 is 14.8 Å². The molecule has 29 heavy (non-hydrogen) atoms. The Balaban J connectivity index is 2.30. The minimum atomic E-state index is -3.99. The van der Waals surface area contributed by atoms with Gasteiger partial charge in [-0.1, -0.05) is 50.4 Å². The third kappa shape index (κ3) is 6.11. The van der Waals surface area contributed by atoms with Crippen molar-refractivity contribution in [2.75, 3.05) is 17.1 Å². The molecule has 0 saturated carbocycles. The maximum Gasteiger partial charge on any atom is 0.265 e. The van der Waals surface area contributed by atoms with Gasteiger partial charge < -0.3 is 10.1 Å². The second-order valence-electron chi connectivity index (χ2n) is 6.69. The van der Waals surface area contributed by atoms with Gasteiger partial charge in [0.05, 0.1) is 17.8 Å². The van der Waals surface area contributed by atoms with Gasteiger partial charge in [-0.05, 0) is 43.2 Å². The molecule has 0 heterocycles. The average Bonchev–Trinajstić information content (AvgIpc) is 2.70. The molecule has 0 spiro atoms. The van der Waals surface area contributed by atoms with Crippen LogP contribution in [0, 0.1) is 5.92 Å². The molecule has 0 saturated heterocycles. The van der Waals surface area contributed by atoms with Gasteiger partial charge in [-0.15, -0.1) is 0 Å². The van der Waals surface area contributed by atoms with Crippen LogP contribution in [-0.4, -0.2) is 21.4 Å². The molecular weight excluding hydrogens is 412 g/mol. The van der Waals surface area contributed by atoms with Crippen LogP contribution in [0.2, 0.25) is 5.02 Å². The standard InChI is InChI=1S/C21H27ClN2O4S/c1-4-6-9-15(5-2)21(25)23-16-12-13-19(28-3)20(14-16)29(26,27)24-18-11-8-7-10-17(18)22/h7-8,10-15,24H,4-6,9H2,1-3H3,(H,23,25). The van der Waals surface area contributed by atoms with Gasteiger partial charge in [0.25, 0.3) is 10.0 Å². The van der Waals surface area contributed by atoms with Crippen LogP contribution in [-0.2, 0) is 14.8 Å². The van der Waals surface area contributed by atoms with Crippen LogP contribution in [0.4, 0.5) is 11.4 Å². The Bertz CT molecular complexity index is 947. The molecule has 8 heteroatoms. The van der Waals surface area contributed by atoms with E-state index in [1.165, 1.54) is 19.2 Å². The van der Waals surface area contributed by atoms with Crippen LogP contribution in [0.25, 0.3) is 0 Å². The highest BCUT2D eigenvalue weighted by Crippen LogP contribution is 2.31. The number of benzene rings is 2. The van der Waals surface area contributed by atoms with Gasteiger partial charge in [-0.3, -0.25) is 9.52 Å². The van der Waals surface area contributed by atoms with Gasteiger partial charge in [0.2, 0.25) is 5.91 Å². The van der Waals surface area contributed by atoms with Crippen LogP contribution in [0.5, 0.6) is 5.75 Å². The number of amides is 1. The van der Waals surface area contributed by atoms with E-state index in [9.17, 15) is 13.2 Å². The Hall–Kier alpha value is -2.25. The molecule has 158 valence electrons. The van der Waals surface area contributed by atoms with Crippen molar-refractivity contribution in [1.29, 1.82) is 0 Å². The van der Waals surface area contributed by atoms with E-state index in [0.29, 0.717) is 5.69 Å². The number of nitrogens with one attached hydrogen (secondary N) is 2. The monoisotopic (exact) mass is 438 g/mol. The predicted molar refractivity (Wildman–Crippen MR) is 117 cm³/mol. The van der Waals surface area contributed by atoms with Crippen molar-refractivity contribution in [2.24, 2.45) is 5.92 Å². The summed E-state index contributed by atoms with van der Waals surface area (Å²) >= 11 is 6.07. The van der Waals surface area contributed by atoms with Crippen molar-refractivity contribution in [1.82, 2.24) is 0 Å². The minimum Gasteiger partial charge on any atom is -0.495 e. The Labute approximate surface area is 177 Å². The van der Waals surface area contributed by atoms with E-state index in [2.05, 4.69) is 17.0 Å². The van der Waals surface area contributed by atoms with Gasteiger partial charge >= 0.3 is 0 Å². The lowest BCUT2D eigenvalue weighted by Crippen LogP contribution is -2.22. The number of carbonyl (C=O) groups excluding carboxylic acids is 1. The van der Waals surface area contributed by atoms with Gasteiger partial charge in [0, 0.05) is 11.6 Å². The summed E-state index contributed by atoms with van der Waals surface area (Å²) in [7, 11) is -2.60. The highest BCUT2D eigenvalue weighted by atomic mass is 35.5. The molecule has 0 aliphatic rings. The maximum absolute atomic E-state index is 12.9. The first-order valence-corrected chi connectivity index (χ1v) is 11.4. The molecule has 0 fully saturated rings. The number of unbranched alkanes of at least 4 members (excludes halogenated alkanes) is 1. The second kappa shape index (κ2) is 10.5. The van der Waals surface area contributed by atoms with Gasteiger partial charge in [0.15, 0.2) is 0 Å². The lowest BCUT2D eigenvalue weighted by molar-refractivity contribution is -0.120. The summed E-state index contributed by atoms with van der Waals surface area (Å²) in [6.07, 6.45) is 3.51. The average molecular weight is 439 g/mol. The first-order valence-electron chi connectivity index (χ1n) is 9.58. The largest absolute Gasteiger partial charge is 0.495 e. The molecule has 0 aliphatic carbocycles. The highest BCUT2D eigenvalue weighted by Gasteiger charge is 2.23. The third-order valence-corrected chi connectivity index (χ3v) is 6.32. The molecule has 0 bridgehead atoms. The summed E-state index contributed by atoms with van der Waals surface area (Å²) < 4.78 is 33.6. The molecule has 6 nitrogen and oxygen atoms in total. The van der Waals surface area contributed by atoms with Gasteiger partial charge in [0.1, 0.15) is 10.6 Å². The van der Waals surface area contributed by atoms with Crippen LogP contribution in [0.15, 0.2) is 47.4 Å². The Morgan fingerprint density at radius 2 is 1.90 bits per heavy atom. The molecule has 2 rings (SSSR count). The van der Waals surface area contributed by atoms with Gasteiger partial charge in [-0.25, -0.2) is 8.42 Å².